The smallest absolute Gasteiger partial charge is 0.187 e. The van der Waals surface area contributed by atoms with E-state index in [1.165, 1.54) is 23.4 Å². The third-order valence-electron chi connectivity index (χ3n) is 5.33. The summed E-state index contributed by atoms with van der Waals surface area (Å²) in [4.78, 5) is 14.6. The van der Waals surface area contributed by atoms with E-state index in [0.29, 0.717) is 16.9 Å². The molecule has 0 aliphatic rings. The van der Waals surface area contributed by atoms with Crippen LogP contribution in [0.2, 0.25) is 5.15 Å². The van der Waals surface area contributed by atoms with Crippen LogP contribution in [0, 0.1) is 13.8 Å². The van der Waals surface area contributed by atoms with Gasteiger partial charge in [0.2, 0.25) is 0 Å². The van der Waals surface area contributed by atoms with Crippen molar-refractivity contribution in [2.45, 2.75) is 59.3 Å². The van der Waals surface area contributed by atoms with Crippen LogP contribution in [0.25, 0.3) is 26.9 Å². The van der Waals surface area contributed by atoms with Crippen molar-refractivity contribution in [3.05, 3.63) is 34.6 Å². The van der Waals surface area contributed by atoms with Gasteiger partial charge in [0.25, 0.3) is 0 Å². The Morgan fingerprint density at radius 1 is 1.13 bits per heavy atom. The number of aromatic nitrogens is 7. The zero-order chi connectivity index (χ0) is 21.4. The molecule has 4 aromatic heterocycles. The molecule has 0 saturated heterocycles. The number of fused-ring (bicyclic) bond motifs is 1. The standard InChI is InChI=1S/C21H26ClN7S/c1-6-8-14(9-7-2)15-10-12(3)25-19-16(13(4)27-29(15)19)17-18(22)26-21(30-17)20-23-11-24-28(20)5/h10-11,14H,6-9H2,1-5H3. The Balaban J connectivity index is 1.90. The summed E-state index contributed by atoms with van der Waals surface area (Å²) in [7, 11) is 1.84. The first kappa shape index (κ1) is 20.9. The highest BCUT2D eigenvalue weighted by Crippen LogP contribution is 2.41. The van der Waals surface area contributed by atoms with Crippen LogP contribution in [-0.2, 0) is 7.05 Å². The Hall–Kier alpha value is -2.32. The van der Waals surface area contributed by atoms with Crippen LogP contribution in [0.5, 0.6) is 0 Å². The predicted octanol–water partition coefficient (Wildman–Crippen LogP) is 5.60. The van der Waals surface area contributed by atoms with Gasteiger partial charge in [0.05, 0.1) is 16.1 Å². The zero-order valence-corrected chi connectivity index (χ0v) is 19.5. The van der Waals surface area contributed by atoms with Gasteiger partial charge in [-0.05, 0) is 32.8 Å². The highest BCUT2D eigenvalue weighted by Gasteiger charge is 2.24. The van der Waals surface area contributed by atoms with Gasteiger partial charge in [0.15, 0.2) is 16.5 Å². The van der Waals surface area contributed by atoms with Crippen LogP contribution in [0.15, 0.2) is 12.4 Å². The zero-order valence-electron chi connectivity index (χ0n) is 18.0. The molecule has 0 aliphatic carbocycles. The molecule has 0 aromatic carbocycles. The normalized spacial score (nSPS) is 11.8. The lowest BCUT2D eigenvalue weighted by atomic mass is 9.94. The fourth-order valence-corrected chi connectivity index (χ4v) is 5.43. The molecule has 0 saturated carbocycles. The lowest BCUT2D eigenvalue weighted by molar-refractivity contribution is 0.533. The second-order valence-corrected chi connectivity index (χ2v) is 9.00. The van der Waals surface area contributed by atoms with E-state index < -0.39 is 0 Å². The van der Waals surface area contributed by atoms with E-state index in [4.69, 9.17) is 21.7 Å². The lowest BCUT2D eigenvalue weighted by Crippen LogP contribution is -2.08. The van der Waals surface area contributed by atoms with E-state index in [1.807, 2.05) is 25.4 Å². The second kappa shape index (κ2) is 8.43. The summed E-state index contributed by atoms with van der Waals surface area (Å²) in [5, 5.41) is 10.2. The van der Waals surface area contributed by atoms with Gasteiger partial charge >= 0.3 is 0 Å². The average Bonchev–Trinajstić information content (AvgIpc) is 3.37. The van der Waals surface area contributed by atoms with Gasteiger partial charge in [-0.25, -0.2) is 24.1 Å². The quantitative estimate of drug-likeness (QED) is 0.371. The molecule has 0 N–H and O–H groups in total. The number of aryl methyl sites for hydroxylation is 3. The van der Waals surface area contributed by atoms with Crippen molar-refractivity contribution in [3.63, 3.8) is 0 Å². The number of nitrogens with zero attached hydrogens (tertiary/aromatic N) is 7. The molecule has 4 rings (SSSR count). The van der Waals surface area contributed by atoms with Crippen LogP contribution >= 0.6 is 22.9 Å². The van der Waals surface area contributed by atoms with Gasteiger partial charge in [-0.1, -0.05) is 38.3 Å². The van der Waals surface area contributed by atoms with E-state index in [1.54, 1.807) is 4.68 Å². The first-order valence-electron chi connectivity index (χ1n) is 10.3. The summed E-state index contributed by atoms with van der Waals surface area (Å²) < 4.78 is 3.72. The van der Waals surface area contributed by atoms with E-state index in [2.05, 4.69) is 35.0 Å². The molecule has 0 fully saturated rings. The molecule has 30 heavy (non-hydrogen) atoms. The second-order valence-electron chi connectivity index (χ2n) is 7.64. The van der Waals surface area contributed by atoms with Gasteiger partial charge in [0, 0.05) is 24.4 Å². The molecular formula is C21H26ClN7S. The molecule has 0 bridgehead atoms. The molecule has 9 heteroatoms. The topological polar surface area (TPSA) is 73.8 Å². The van der Waals surface area contributed by atoms with E-state index >= 15 is 0 Å². The van der Waals surface area contributed by atoms with Crippen molar-refractivity contribution in [2.75, 3.05) is 0 Å². The van der Waals surface area contributed by atoms with Crippen molar-refractivity contribution in [2.24, 2.45) is 7.05 Å². The number of hydrogen-bond acceptors (Lipinski definition) is 6. The molecule has 4 heterocycles. The van der Waals surface area contributed by atoms with E-state index in [-0.39, 0.29) is 0 Å². The van der Waals surface area contributed by atoms with Crippen LogP contribution in [0.1, 0.15) is 62.5 Å². The molecule has 0 unspecified atom stereocenters. The van der Waals surface area contributed by atoms with Gasteiger partial charge in [-0.15, -0.1) is 11.3 Å². The predicted molar refractivity (Wildman–Crippen MR) is 121 cm³/mol. The van der Waals surface area contributed by atoms with Gasteiger partial charge in [0.1, 0.15) is 11.5 Å². The average molecular weight is 444 g/mol. The molecule has 0 atom stereocenters. The Bertz CT molecular complexity index is 1180. The fourth-order valence-electron chi connectivity index (χ4n) is 4.01. The Labute approximate surface area is 185 Å². The van der Waals surface area contributed by atoms with Crippen LogP contribution in [0.4, 0.5) is 0 Å². The van der Waals surface area contributed by atoms with Crippen LogP contribution < -0.4 is 0 Å². The molecule has 158 valence electrons. The third-order valence-corrected chi connectivity index (χ3v) is 6.78. The fraction of sp³-hybridized carbons (Fsp3) is 0.476. The molecule has 0 radical (unpaired) electrons. The Kier molecular flexibility index (Phi) is 5.88. The highest BCUT2D eigenvalue weighted by atomic mass is 35.5. The maximum Gasteiger partial charge on any atom is 0.187 e. The van der Waals surface area contributed by atoms with E-state index in [9.17, 15) is 0 Å². The minimum Gasteiger partial charge on any atom is -0.247 e. The van der Waals surface area contributed by atoms with Crippen molar-refractivity contribution < 1.29 is 0 Å². The monoisotopic (exact) mass is 443 g/mol. The van der Waals surface area contributed by atoms with Crippen molar-refractivity contribution >= 4 is 28.6 Å². The summed E-state index contributed by atoms with van der Waals surface area (Å²) in [6.45, 7) is 8.52. The first-order chi connectivity index (χ1) is 14.4. The summed E-state index contributed by atoms with van der Waals surface area (Å²) in [6, 6.07) is 2.18. The molecule has 0 spiro atoms. The number of halogens is 1. The maximum atomic E-state index is 6.60. The highest BCUT2D eigenvalue weighted by molar-refractivity contribution is 7.19. The lowest BCUT2D eigenvalue weighted by Gasteiger charge is -2.17. The molecule has 0 aliphatic heterocycles. The minimum absolute atomic E-state index is 0.444. The summed E-state index contributed by atoms with van der Waals surface area (Å²) >= 11 is 8.10. The van der Waals surface area contributed by atoms with Crippen LogP contribution in [-0.4, -0.2) is 34.3 Å². The van der Waals surface area contributed by atoms with Crippen molar-refractivity contribution in [1.29, 1.82) is 0 Å². The minimum atomic E-state index is 0.444. The van der Waals surface area contributed by atoms with E-state index in [0.717, 1.165) is 58.2 Å². The molecular weight excluding hydrogens is 418 g/mol. The van der Waals surface area contributed by atoms with Crippen LogP contribution in [0.3, 0.4) is 0 Å². The van der Waals surface area contributed by atoms with Crippen molar-refractivity contribution in [1.82, 2.24) is 34.3 Å². The molecule has 4 aromatic rings. The first-order valence-corrected chi connectivity index (χ1v) is 11.5. The summed E-state index contributed by atoms with van der Waals surface area (Å²) in [6.07, 6.45) is 6.07. The van der Waals surface area contributed by atoms with Gasteiger partial charge in [-0.3, -0.25) is 0 Å². The van der Waals surface area contributed by atoms with Gasteiger partial charge < -0.3 is 0 Å². The summed E-state index contributed by atoms with van der Waals surface area (Å²) in [5.74, 6) is 1.15. The largest absolute Gasteiger partial charge is 0.247 e. The third kappa shape index (κ3) is 3.63. The Morgan fingerprint density at radius 2 is 1.87 bits per heavy atom. The van der Waals surface area contributed by atoms with Crippen molar-refractivity contribution in [3.8, 4) is 21.3 Å². The van der Waals surface area contributed by atoms with Gasteiger partial charge in [-0.2, -0.15) is 10.2 Å². The Morgan fingerprint density at radius 3 is 2.50 bits per heavy atom. The molecule has 0 amide bonds. The molecule has 7 nitrogen and oxygen atoms in total. The SMILES string of the molecule is CCCC(CCC)c1cc(C)nc2c(-c3sc(-c4ncnn4C)nc3Cl)c(C)nn12. The number of rotatable bonds is 7. The number of hydrogen-bond donors (Lipinski definition) is 0. The maximum absolute atomic E-state index is 6.60. The summed E-state index contributed by atoms with van der Waals surface area (Å²) in [5.41, 5.74) is 4.91. The number of thiazole rings is 1.